The maximum atomic E-state index is 13.0. The van der Waals surface area contributed by atoms with Crippen molar-refractivity contribution in [2.75, 3.05) is 19.5 Å². The Bertz CT molecular complexity index is 798. The number of ether oxygens (including phenoxy) is 1. The van der Waals surface area contributed by atoms with E-state index in [0.29, 0.717) is 5.39 Å². The monoisotopic (exact) mass is 358 g/mol. The zero-order chi connectivity index (χ0) is 17.5. The lowest BCUT2D eigenvalue weighted by Crippen LogP contribution is -2.24. The molecule has 1 heterocycles. The van der Waals surface area contributed by atoms with Crippen molar-refractivity contribution in [2.24, 2.45) is 0 Å². The molecule has 0 unspecified atom stereocenters. The van der Waals surface area contributed by atoms with Gasteiger partial charge in [0.05, 0.1) is 10.9 Å². The van der Waals surface area contributed by atoms with Crippen molar-refractivity contribution in [3.8, 4) is 0 Å². The van der Waals surface area contributed by atoms with Gasteiger partial charge in [-0.25, -0.2) is 4.98 Å². The van der Waals surface area contributed by atoms with E-state index in [4.69, 9.17) is 9.72 Å². The number of hydrogen-bond acceptors (Lipinski definition) is 4. The van der Waals surface area contributed by atoms with E-state index in [-0.39, 0.29) is 5.56 Å². The standard InChI is InChI=1S/C20H26N2O2S/c1-24-14-7-15-25-20-21-18-11-6-5-10-17(18)19(23)22(20)13-12-16-8-3-2-4-9-16/h5-6,8,10-11H,2-4,7,9,12-15H2,1H3. The van der Waals surface area contributed by atoms with Crippen LogP contribution in [0, 0.1) is 0 Å². The van der Waals surface area contributed by atoms with Crippen LogP contribution >= 0.6 is 11.8 Å². The van der Waals surface area contributed by atoms with Gasteiger partial charge < -0.3 is 4.74 Å². The fraction of sp³-hybridized carbons (Fsp3) is 0.500. The molecule has 4 nitrogen and oxygen atoms in total. The van der Waals surface area contributed by atoms with Gasteiger partial charge in [0.15, 0.2) is 5.16 Å². The quantitative estimate of drug-likeness (QED) is 0.303. The maximum absolute atomic E-state index is 13.0. The average molecular weight is 359 g/mol. The minimum atomic E-state index is 0.0799. The molecular weight excluding hydrogens is 332 g/mol. The van der Waals surface area contributed by atoms with Gasteiger partial charge in [-0.15, -0.1) is 0 Å². The first-order valence-corrected chi connectivity index (χ1v) is 10.1. The van der Waals surface area contributed by atoms with Gasteiger partial charge in [-0.3, -0.25) is 9.36 Å². The number of nitrogens with zero attached hydrogens (tertiary/aromatic N) is 2. The Morgan fingerprint density at radius 3 is 2.96 bits per heavy atom. The minimum absolute atomic E-state index is 0.0799. The van der Waals surface area contributed by atoms with E-state index in [0.717, 1.165) is 42.4 Å². The zero-order valence-electron chi connectivity index (χ0n) is 14.9. The van der Waals surface area contributed by atoms with Crippen molar-refractivity contribution < 1.29 is 4.74 Å². The maximum Gasteiger partial charge on any atom is 0.262 e. The van der Waals surface area contributed by atoms with E-state index in [2.05, 4.69) is 6.08 Å². The molecule has 0 saturated carbocycles. The second-order valence-electron chi connectivity index (χ2n) is 6.42. The topological polar surface area (TPSA) is 44.1 Å². The smallest absolute Gasteiger partial charge is 0.262 e. The normalized spacial score (nSPS) is 14.7. The second kappa shape index (κ2) is 9.20. The number of fused-ring (bicyclic) bond motifs is 1. The van der Waals surface area contributed by atoms with Gasteiger partial charge in [0.2, 0.25) is 0 Å². The van der Waals surface area contributed by atoms with Crippen LogP contribution in [0.3, 0.4) is 0 Å². The molecule has 0 saturated heterocycles. The van der Waals surface area contributed by atoms with Gasteiger partial charge in [-0.2, -0.15) is 0 Å². The van der Waals surface area contributed by atoms with E-state index in [1.807, 2.05) is 28.8 Å². The van der Waals surface area contributed by atoms with Gasteiger partial charge >= 0.3 is 0 Å². The fourth-order valence-electron chi connectivity index (χ4n) is 3.21. The van der Waals surface area contributed by atoms with Gasteiger partial charge in [-0.05, 0) is 50.7 Å². The molecular formula is C20H26N2O2S. The number of hydrogen-bond donors (Lipinski definition) is 0. The molecule has 1 aliphatic rings. The first-order chi connectivity index (χ1) is 12.3. The van der Waals surface area contributed by atoms with E-state index in [1.165, 1.54) is 31.3 Å². The molecule has 2 aromatic rings. The number of benzene rings is 1. The highest BCUT2D eigenvalue weighted by atomic mass is 32.2. The molecule has 0 atom stereocenters. The van der Waals surface area contributed by atoms with E-state index in [9.17, 15) is 4.79 Å². The largest absolute Gasteiger partial charge is 0.385 e. The van der Waals surface area contributed by atoms with Crippen LogP contribution in [0.15, 0.2) is 45.9 Å². The third kappa shape index (κ3) is 4.73. The molecule has 1 aromatic heterocycles. The van der Waals surface area contributed by atoms with Crippen LogP contribution in [0.4, 0.5) is 0 Å². The molecule has 5 heteroatoms. The van der Waals surface area contributed by atoms with Crippen molar-refractivity contribution in [3.63, 3.8) is 0 Å². The summed E-state index contributed by atoms with van der Waals surface area (Å²) in [5.41, 5.74) is 2.35. The van der Waals surface area contributed by atoms with E-state index < -0.39 is 0 Å². The Kier molecular flexibility index (Phi) is 6.70. The molecule has 0 fully saturated rings. The van der Waals surface area contributed by atoms with Crippen LogP contribution in [-0.2, 0) is 11.3 Å². The third-order valence-electron chi connectivity index (χ3n) is 4.59. The lowest BCUT2D eigenvalue weighted by atomic mass is 9.97. The molecule has 0 N–H and O–H groups in total. The number of aromatic nitrogens is 2. The lowest BCUT2D eigenvalue weighted by Gasteiger charge is -2.16. The van der Waals surface area contributed by atoms with Gasteiger partial charge in [0.1, 0.15) is 0 Å². The summed E-state index contributed by atoms with van der Waals surface area (Å²) in [7, 11) is 1.72. The first kappa shape index (κ1) is 18.2. The number of allylic oxidation sites excluding steroid dienone is 2. The Balaban J connectivity index is 1.85. The number of para-hydroxylation sites is 1. The van der Waals surface area contributed by atoms with Gasteiger partial charge in [-0.1, -0.05) is 35.5 Å². The fourth-order valence-corrected chi connectivity index (χ4v) is 4.15. The third-order valence-corrected chi connectivity index (χ3v) is 5.65. The van der Waals surface area contributed by atoms with Gasteiger partial charge in [0.25, 0.3) is 5.56 Å². The lowest BCUT2D eigenvalue weighted by molar-refractivity contribution is 0.200. The summed E-state index contributed by atoms with van der Waals surface area (Å²) in [5, 5.41) is 1.54. The second-order valence-corrected chi connectivity index (χ2v) is 7.48. The Morgan fingerprint density at radius 1 is 1.28 bits per heavy atom. The van der Waals surface area contributed by atoms with Crippen LogP contribution < -0.4 is 5.56 Å². The van der Waals surface area contributed by atoms with E-state index >= 15 is 0 Å². The van der Waals surface area contributed by atoms with Crippen molar-refractivity contribution in [1.29, 1.82) is 0 Å². The molecule has 0 amide bonds. The molecule has 134 valence electrons. The van der Waals surface area contributed by atoms with Crippen molar-refractivity contribution >= 4 is 22.7 Å². The molecule has 1 aromatic carbocycles. The molecule has 0 spiro atoms. The number of rotatable bonds is 8. The van der Waals surface area contributed by atoms with Crippen molar-refractivity contribution in [2.45, 2.75) is 50.2 Å². The molecule has 1 aliphatic carbocycles. The van der Waals surface area contributed by atoms with Crippen molar-refractivity contribution in [3.05, 3.63) is 46.3 Å². The Hall–Kier alpha value is -1.59. The SMILES string of the molecule is COCCCSc1nc2ccccc2c(=O)n1CCC1=CCCCC1. The van der Waals surface area contributed by atoms with E-state index in [1.54, 1.807) is 18.9 Å². The average Bonchev–Trinajstić information content (AvgIpc) is 2.66. The highest BCUT2D eigenvalue weighted by molar-refractivity contribution is 7.99. The molecule has 0 bridgehead atoms. The van der Waals surface area contributed by atoms with Crippen LogP contribution in [0.1, 0.15) is 38.5 Å². The summed E-state index contributed by atoms with van der Waals surface area (Å²) < 4.78 is 6.99. The summed E-state index contributed by atoms with van der Waals surface area (Å²) >= 11 is 1.65. The minimum Gasteiger partial charge on any atom is -0.385 e. The summed E-state index contributed by atoms with van der Waals surface area (Å²) in [4.78, 5) is 17.7. The zero-order valence-corrected chi connectivity index (χ0v) is 15.7. The van der Waals surface area contributed by atoms with Crippen LogP contribution in [0.5, 0.6) is 0 Å². The predicted molar refractivity (Wildman–Crippen MR) is 104 cm³/mol. The van der Waals surface area contributed by atoms with Crippen LogP contribution in [0.2, 0.25) is 0 Å². The highest BCUT2D eigenvalue weighted by Crippen LogP contribution is 2.23. The van der Waals surface area contributed by atoms with Crippen LogP contribution in [0.25, 0.3) is 10.9 Å². The summed E-state index contributed by atoms with van der Waals surface area (Å²) in [6, 6.07) is 7.64. The van der Waals surface area contributed by atoms with Crippen molar-refractivity contribution in [1.82, 2.24) is 9.55 Å². The number of thioether (sulfide) groups is 1. The molecule has 0 radical (unpaired) electrons. The Morgan fingerprint density at radius 2 is 2.16 bits per heavy atom. The number of methoxy groups -OCH3 is 1. The highest BCUT2D eigenvalue weighted by Gasteiger charge is 2.12. The molecule has 25 heavy (non-hydrogen) atoms. The predicted octanol–water partition coefficient (Wildman–Crippen LogP) is 4.42. The first-order valence-electron chi connectivity index (χ1n) is 9.09. The molecule has 3 rings (SSSR count). The summed E-state index contributed by atoms with van der Waals surface area (Å²) in [6.45, 7) is 1.45. The Labute approximate surface area is 153 Å². The van der Waals surface area contributed by atoms with Crippen LogP contribution in [-0.4, -0.2) is 29.0 Å². The van der Waals surface area contributed by atoms with Gasteiger partial charge in [0, 0.05) is 26.0 Å². The summed E-state index contributed by atoms with van der Waals surface area (Å²) in [6.07, 6.45) is 9.18. The summed E-state index contributed by atoms with van der Waals surface area (Å²) in [5.74, 6) is 0.904. The molecule has 0 aliphatic heterocycles.